The van der Waals surface area contributed by atoms with Crippen molar-refractivity contribution in [2.75, 3.05) is 11.4 Å². The number of alkyl halides is 2. The third kappa shape index (κ3) is 4.42. The summed E-state index contributed by atoms with van der Waals surface area (Å²) in [6, 6.07) is 7.79. The van der Waals surface area contributed by atoms with Crippen molar-refractivity contribution in [3.05, 3.63) is 65.4 Å². The Morgan fingerprint density at radius 1 is 0.977 bits per heavy atom. The van der Waals surface area contributed by atoms with E-state index in [0.717, 1.165) is 17.0 Å². The van der Waals surface area contributed by atoms with E-state index >= 15 is 0 Å². The summed E-state index contributed by atoms with van der Waals surface area (Å²) >= 11 is 14.5. The molecule has 4 aliphatic rings. The predicted molar refractivity (Wildman–Crippen MR) is 154 cm³/mol. The molecule has 0 radical (unpaired) electrons. The molecule has 44 heavy (non-hydrogen) atoms. The molecule has 10 nitrogen and oxygen atoms in total. The number of imide groups is 2. The number of carbonyl (C=O) groups is 5. The lowest BCUT2D eigenvalue weighted by molar-refractivity contribution is -0.141. The van der Waals surface area contributed by atoms with Crippen LogP contribution in [0.1, 0.15) is 56.0 Å². The highest BCUT2D eigenvalue weighted by molar-refractivity contribution is 6.58. The van der Waals surface area contributed by atoms with Gasteiger partial charge in [0.25, 0.3) is 11.8 Å². The van der Waals surface area contributed by atoms with Gasteiger partial charge in [0, 0.05) is 13.0 Å². The highest BCUT2D eigenvalue weighted by Gasteiger charge is 2.77. The minimum absolute atomic E-state index is 0.00563. The van der Waals surface area contributed by atoms with Gasteiger partial charge in [-0.05, 0) is 68.0 Å². The van der Waals surface area contributed by atoms with E-state index in [1.54, 1.807) is 6.08 Å². The van der Waals surface area contributed by atoms with E-state index in [0.29, 0.717) is 24.8 Å². The molecule has 2 aliphatic carbocycles. The standard InChI is InChI=1S/C31H29Cl2FN2O8/c32-30-14-21-19(10-11-20-24(21)27(41)35(26(20)40)13-3-1-2-4-23(38)39)25(22-12-9-18(15-37)44-22)31(30,33)29(43)36(28(30)42)17-7-5-16(34)6-8-17/h5-10,12,20-21,24-25,37H,1-4,11,13-15H2,(H,38,39)/t20-,21+,24-,25+,30+,31-/m0/s1. The van der Waals surface area contributed by atoms with Gasteiger partial charge in [0.15, 0.2) is 9.75 Å². The van der Waals surface area contributed by atoms with Gasteiger partial charge in [-0.1, -0.05) is 18.1 Å². The van der Waals surface area contributed by atoms with E-state index in [4.69, 9.17) is 32.7 Å². The second-order valence-corrected chi connectivity index (χ2v) is 13.0. The largest absolute Gasteiger partial charge is 0.481 e. The number of hydrogen-bond acceptors (Lipinski definition) is 7. The van der Waals surface area contributed by atoms with Crippen molar-refractivity contribution in [3.8, 4) is 0 Å². The number of aliphatic hydroxyl groups excluding tert-OH is 1. The molecule has 6 atom stereocenters. The molecule has 4 amide bonds. The summed E-state index contributed by atoms with van der Waals surface area (Å²) in [7, 11) is 0. The first-order valence-electron chi connectivity index (χ1n) is 14.4. The smallest absolute Gasteiger partial charge is 0.303 e. The van der Waals surface area contributed by atoms with Crippen molar-refractivity contribution in [2.24, 2.45) is 17.8 Å². The molecule has 3 heterocycles. The lowest BCUT2D eigenvalue weighted by atomic mass is 9.57. The average molecular weight is 647 g/mol. The number of aliphatic carboxylic acids is 1. The number of halogens is 3. The minimum Gasteiger partial charge on any atom is -0.481 e. The molecule has 0 unspecified atom stereocenters. The molecule has 232 valence electrons. The van der Waals surface area contributed by atoms with Crippen LogP contribution in [0.4, 0.5) is 10.1 Å². The predicted octanol–water partition coefficient (Wildman–Crippen LogP) is 4.12. The quantitative estimate of drug-likeness (QED) is 0.179. The maximum atomic E-state index is 14.2. The van der Waals surface area contributed by atoms with Crippen LogP contribution in [-0.2, 0) is 30.6 Å². The lowest BCUT2D eigenvalue weighted by Gasteiger charge is -2.49. The highest BCUT2D eigenvalue weighted by atomic mass is 35.5. The number of carbonyl (C=O) groups excluding carboxylic acids is 4. The van der Waals surface area contributed by atoms with Crippen molar-refractivity contribution >= 4 is 58.5 Å². The molecule has 0 bridgehead atoms. The second-order valence-electron chi connectivity index (χ2n) is 11.7. The molecule has 2 aromatic rings. The number of hydrogen-bond donors (Lipinski definition) is 2. The lowest BCUT2D eigenvalue weighted by Crippen LogP contribution is -2.60. The first kappa shape index (κ1) is 30.5. The molecule has 2 aliphatic heterocycles. The molecule has 0 spiro atoms. The summed E-state index contributed by atoms with van der Waals surface area (Å²) in [4.78, 5) is 64.4. The molecule has 1 saturated carbocycles. The summed E-state index contributed by atoms with van der Waals surface area (Å²) in [6.07, 6.45) is 3.12. The molecule has 6 rings (SSSR count). The van der Waals surface area contributed by atoms with Crippen molar-refractivity contribution in [1.29, 1.82) is 0 Å². The number of nitrogens with zero attached hydrogens (tertiary/aromatic N) is 2. The van der Waals surface area contributed by atoms with Crippen LogP contribution in [-0.4, -0.2) is 61.0 Å². The zero-order chi connectivity index (χ0) is 31.6. The number of carboxylic acids is 1. The van der Waals surface area contributed by atoms with Gasteiger partial charge in [0.05, 0.1) is 23.4 Å². The van der Waals surface area contributed by atoms with E-state index in [1.165, 1.54) is 29.2 Å². The van der Waals surface area contributed by atoms with Gasteiger partial charge in [-0.3, -0.25) is 28.9 Å². The van der Waals surface area contributed by atoms with Gasteiger partial charge in [-0.2, -0.15) is 0 Å². The Balaban J connectivity index is 1.40. The van der Waals surface area contributed by atoms with Gasteiger partial charge in [-0.15, -0.1) is 23.2 Å². The van der Waals surface area contributed by atoms with Gasteiger partial charge in [0.2, 0.25) is 11.8 Å². The summed E-state index contributed by atoms with van der Waals surface area (Å²) in [5, 5.41) is 18.6. The monoisotopic (exact) mass is 646 g/mol. The van der Waals surface area contributed by atoms with Crippen LogP contribution < -0.4 is 4.90 Å². The fourth-order valence-corrected chi connectivity index (χ4v) is 8.27. The average Bonchev–Trinajstić information content (AvgIpc) is 3.60. The number of fused-ring (bicyclic) bond motifs is 4. The Kier molecular flexibility index (Phi) is 7.70. The third-order valence-electron chi connectivity index (χ3n) is 9.38. The number of rotatable bonds is 9. The summed E-state index contributed by atoms with van der Waals surface area (Å²) in [6.45, 7) is -0.306. The fraction of sp³-hybridized carbons (Fsp3) is 0.452. The molecule has 1 aromatic heterocycles. The topological polar surface area (TPSA) is 145 Å². The molecular weight excluding hydrogens is 618 g/mol. The Morgan fingerprint density at radius 2 is 1.70 bits per heavy atom. The number of likely N-dealkylation sites (tertiary alicyclic amines) is 1. The van der Waals surface area contributed by atoms with E-state index in [-0.39, 0.29) is 48.9 Å². The normalized spacial score (nSPS) is 31.2. The fourth-order valence-electron chi connectivity index (χ4n) is 7.35. The Bertz CT molecular complexity index is 1590. The van der Waals surface area contributed by atoms with Crippen molar-refractivity contribution in [1.82, 2.24) is 4.90 Å². The SMILES string of the molecule is O=C(O)CCCCCN1C(=O)[C@H]2[C@H](CC=C3[C@H]2C[C@@]2(Cl)C(=O)N(c4ccc(F)cc4)C(=O)[C@@]2(Cl)[C@H]3c2ccc(CO)o2)C1=O. The van der Waals surface area contributed by atoms with Crippen molar-refractivity contribution in [3.63, 3.8) is 0 Å². The van der Waals surface area contributed by atoms with Gasteiger partial charge in [-0.25, -0.2) is 9.29 Å². The van der Waals surface area contributed by atoms with Crippen LogP contribution in [0.3, 0.4) is 0 Å². The summed E-state index contributed by atoms with van der Waals surface area (Å²) in [5.41, 5.74) is 0.615. The first-order valence-corrected chi connectivity index (χ1v) is 15.2. The maximum Gasteiger partial charge on any atom is 0.303 e. The zero-order valence-electron chi connectivity index (χ0n) is 23.4. The number of allylic oxidation sites excluding steroid dienone is 2. The second kappa shape index (κ2) is 11.1. The van der Waals surface area contributed by atoms with Crippen LogP contribution in [0.15, 0.2) is 52.5 Å². The first-order chi connectivity index (χ1) is 20.9. The van der Waals surface area contributed by atoms with E-state index in [9.17, 15) is 33.5 Å². The van der Waals surface area contributed by atoms with Crippen LogP contribution in [0.25, 0.3) is 0 Å². The number of anilines is 1. The molecule has 3 fully saturated rings. The van der Waals surface area contributed by atoms with Crippen LogP contribution in [0, 0.1) is 23.6 Å². The van der Waals surface area contributed by atoms with Crippen molar-refractivity contribution < 1.29 is 43.0 Å². The Morgan fingerprint density at radius 3 is 2.36 bits per heavy atom. The Hall–Kier alpha value is -3.54. The third-order valence-corrected chi connectivity index (χ3v) is 10.8. The van der Waals surface area contributed by atoms with Gasteiger partial charge in [0.1, 0.15) is 23.9 Å². The molecular formula is C31H29Cl2FN2O8. The number of amides is 4. The van der Waals surface area contributed by atoms with E-state index in [1.807, 2.05) is 0 Å². The number of furan rings is 1. The summed E-state index contributed by atoms with van der Waals surface area (Å²) < 4.78 is 19.6. The number of carboxylic acid groups (broad SMARTS) is 1. The van der Waals surface area contributed by atoms with Crippen LogP contribution >= 0.6 is 23.2 Å². The van der Waals surface area contributed by atoms with Crippen LogP contribution in [0.5, 0.6) is 0 Å². The number of aliphatic hydroxyl groups is 1. The maximum absolute atomic E-state index is 14.2. The summed E-state index contributed by atoms with van der Waals surface area (Å²) in [5.74, 6) is -7.02. The van der Waals surface area contributed by atoms with Crippen molar-refractivity contribution in [2.45, 2.75) is 60.8 Å². The molecule has 2 saturated heterocycles. The molecule has 2 N–H and O–H groups in total. The number of unbranched alkanes of at least 4 members (excludes halogenated alkanes) is 2. The zero-order valence-corrected chi connectivity index (χ0v) is 24.9. The van der Waals surface area contributed by atoms with Crippen LogP contribution in [0.2, 0.25) is 0 Å². The number of benzene rings is 1. The molecule has 1 aromatic carbocycles. The Labute approximate surface area is 261 Å². The van der Waals surface area contributed by atoms with E-state index < -0.39 is 69.5 Å². The van der Waals surface area contributed by atoms with E-state index in [2.05, 4.69) is 0 Å². The molecule has 13 heteroatoms. The van der Waals surface area contributed by atoms with Gasteiger partial charge < -0.3 is 14.6 Å². The highest BCUT2D eigenvalue weighted by Crippen LogP contribution is 2.65. The van der Waals surface area contributed by atoms with Gasteiger partial charge >= 0.3 is 5.97 Å². The minimum atomic E-state index is -2.12.